The van der Waals surface area contributed by atoms with Gasteiger partial charge in [-0.2, -0.15) is 0 Å². The summed E-state index contributed by atoms with van der Waals surface area (Å²) >= 11 is 0. The van der Waals surface area contributed by atoms with Gasteiger partial charge in [-0.1, -0.05) is 72.8 Å². The first-order valence-electron chi connectivity index (χ1n) is 15.7. The third kappa shape index (κ3) is 4.94. The molecule has 240 valence electrons. The highest BCUT2D eigenvalue weighted by atomic mass is 16.2. The zero-order valence-corrected chi connectivity index (χ0v) is 27.9. The van der Waals surface area contributed by atoms with Gasteiger partial charge in [-0.3, -0.25) is 33.8 Å². The van der Waals surface area contributed by atoms with Crippen LogP contribution in [0.15, 0.2) is 98.1 Å². The van der Waals surface area contributed by atoms with Gasteiger partial charge in [0.25, 0.3) is 23.6 Å². The zero-order chi connectivity index (χ0) is 34.9. The number of hydrogen-bond donors (Lipinski definition) is 0. The number of allylic oxidation sites excluding steroid dienone is 2. The van der Waals surface area contributed by atoms with E-state index in [4.69, 9.17) is 0 Å². The highest BCUT2D eigenvalue weighted by Crippen LogP contribution is 2.39. The lowest BCUT2D eigenvalue weighted by Gasteiger charge is -2.34. The first kappa shape index (κ1) is 32.3. The van der Waals surface area contributed by atoms with Crippen LogP contribution >= 0.6 is 0 Å². The van der Waals surface area contributed by atoms with E-state index in [0.717, 1.165) is 33.4 Å². The lowest BCUT2D eigenvalue weighted by Crippen LogP contribution is -2.45. The first-order chi connectivity index (χ1) is 22.5. The number of nitrogens with zero attached hydrogens (tertiary/aromatic N) is 2. The third-order valence-corrected chi connectivity index (χ3v) is 9.54. The van der Waals surface area contributed by atoms with Crippen LogP contribution in [-0.2, 0) is 11.1 Å². The van der Waals surface area contributed by atoms with Gasteiger partial charge in [-0.15, -0.1) is 0 Å². The van der Waals surface area contributed by atoms with Crippen molar-refractivity contribution in [3.05, 3.63) is 154 Å². The SMILES string of the molecule is C=C(C)c1cccc(C(C)(C)N2C(=O)c3ccc(C(=O)c4ccc5c(c4)C(=O)N(C(C)(C)c4cccc(C(=C)C)c4)C5=O)cc3C2=O)c1. The summed E-state index contributed by atoms with van der Waals surface area (Å²) in [4.78, 5) is 71.0. The van der Waals surface area contributed by atoms with Crippen LogP contribution in [0.3, 0.4) is 0 Å². The van der Waals surface area contributed by atoms with Gasteiger partial charge in [-0.05, 0) is 100 Å². The van der Waals surface area contributed by atoms with Crippen molar-refractivity contribution in [2.24, 2.45) is 0 Å². The van der Waals surface area contributed by atoms with Crippen LogP contribution in [0.4, 0.5) is 0 Å². The molecule has 4 amide bonds. The van der Waals surface area contributed by atoms with Gasteiger partial charge in [0.05, 0.1) is 33.3 Å². The van der Waals surface area contributed by atoms with E-state index in [-0.39, 0.29) is 33.4 Å². The van der Waals surface area contributed by atoms with Crippen molar-refractivity contribution in [3.63, 3.8) is 0 Å². The summed E-state index contributed by atoms with van der Waals surface area (Å²) in [6, 6.07) is 24.0. The van der Waals surface area contributed by atoms with E-state index in [1.54, 1.807) is 0 Å². The molecule has 0 bridgehead atoms. The maximum Gasteiger partial charge on any atom is 0.262 e. The van der Waals surface area contributed by atoms with Crippen molar-refractivity contribution in [2.45, 2.75) is 52.6 Å². The Hall–Kier alpha value is -5.69. The van der Waals surface area contributed by atoms with E-state index < -0.39 is 40.5 Å². The summed E-state index contributed by atoms with van der Waals surface area (Å²) < 4.78 is 0. The maximum absolute atomic E-state index is 13.8. The quantitative estimate of drug-likeness (QED) is 0.144. The molecule has 7 heteroatoms. The largest absolute Gasteiger partial charge is 0.289 e. The molecule has 0 saturated carbocycles. The fraction of sp³-hybridized carbons (Fsp3) is 0.195. The monoisotopic (exact) mass is 636 g/mol. The average molecular weight is 637 g/mol. The molecule has 7 nitrogen and oxygen atoms in total. The Morgan fingerprint density at radius 1 is 0.500 bits per heavy atom. The molecule has 48 heavy (non-hydrogen) atoms. The predicted octanol–water partition coefficient (Wildman–Crippen LogP) is 8.05. The normalized spacial score (nSPS) is 14.4. The van der Waals surface area contributed by atoms with Crippen LogP contribution < -0.4 is 0 Å². The summed E-state index contributed by atoms with van der Waals surface area (Å²) in [6.07, 6.45) is 0. The van der Waals surface area contributed by atoms with Gasteiger partial charge >= 0.3 is 0 Å². The number of rotatable bonds is 8. The van der Waals surface area contributed by atoms with Gasteiger partial charge in [-0.25, -0.2) is 0 Å². The molecule has 0 fully saturated rings. The topological polar surface area (TPSA) is 91.8 Å². The molecule has 0 N–H and O–H groups in total. The smallest absolute Gasteiger partial charge is 0.262 e. The summed E-state index contributed by atoms with van der Waals surface area (Å²) in [5.74, 6) is -2.34. The summed E-state index contributed by atoms with van der Waals surface area (Å²) in [6.45, 7) is 19.0. The van der Waals surface area contributed by atoms with Gasteiger partial charge in [0.1, 0.15) is 0 Å². The Bertz CT molecular complexity index is 2000. The first-order valence-corrected chi connectivity index (χ1v) is 15.7. The number of fused-ring (bicyclic) bond motifs is 2. The number of hydrogen-bond acceptors (Lipinski definition) is 5. The van der Waals surface area contributed by atoms with Gasteiger partial charge in [0, 0.05) is 11.1 Å². The number of imide groups is 2. The van der Waals surface area contributed by atoms with Crippen molar-refractivity contribution in [1.29, 1.82) is 0 Å². The van der Waals surface area contributed by atoms with E-state index in [9.17, 15) is 24.0 Å². The van der Waals surface area contributed by atoms with Crippen LogP contribution in [0, 0.1) is 0 Å². The van der Waals surface area contributed by atoms with E-state index in [2.05, 4.69) is 13.2 Å². The second kappa shape index (κ2) is 11.2. The molecule has 0 radical (unpaired) electrons. The Balaban J connectivity index is 1.29. The minimum absolute atomic E-state index is 0.132. The molecule has 4 aromatic rings. The van der Waals surface area contributed by atoms with E-state index in [1.165, 1.54) is 46.2 Å². The van der Waals surface area contributed by atoms with Crippen LogP contribution in [0.5, 0.6) is 0 Å². The van der Waals surface area contributed by atoms with Crippen molar-refractivity contribution >= 4 is 40.6 Å². The zero-order valence-electron chi connectivity index (χ0n) is 27.9. The number of carbonyl (C=O) groups excluding carboxylic acids is 5. The van der Waals surface area contributed by atoms with E-state index in [0.29, 0.717) is 0 Å². The summed E-state index contributed by atoms with van der Waals surface area (Å²) in [5.41, 5.74) is 4.16. The number of amides is 4. The van der Waals surface area contributed by atoms with Crippen molar-refractivity contribution in [1.82, 2.24) is 9.80 Å². The molecule has 0 saturated heterocycles. The lowest BCUT2D eigenvalue weighted by molar-refractivity contribution is 0.0458. The Labute approximate surface area is 280 Å². The molecule has 2 aliphatic heterocycles. The van der Waals surface area contributed by atoms with Gasteiger partial charge in [0.15, 0.2) is 5.78 Å². The molecule has 2 aliphatic rings. The molecule has 6 rings (SSSR count). The fourth-order valence-electron chi connectivity index (χ4n) is 6.53. The molecular weight excluding hydrogens is 600 g/mol. The number of ketones is 1. The molecule has 0 atom stereocenters. The maximum atomic E-state index is 13.8. The van der Waals surface area contributed by atoms with Crippen molar-refractivity contribution in [2.75, 3.05) is 0 Å². The summed E-state index contributed by atoms with van der Waals surface area (Å²) in [5, 5.41) is 0. The Morgan fingerprint density at radius 2 is 0.854 bits per heavy atom. The van der Waals surface area contributed by atoms with E-state index in [1.807, 2.05) is 90.1 Å². The lowest BCUT2D eigenvalue weighted by atomic mass is 9.90. The van der Waals surface area contributed by atoms with Crippen molar-refractivity contribution < 1.29 is 24.0 Å². The van der Waals surface area contributed by atoms with Crippen LogP contribution in [-0.4, -0.2) is 39.2 Å². The Morgan fingerprint density at radius 3 is 1.21 bits per heavy atom. The average Bonchev–Trinajstić information content (AvgIpc) is 3.48. The number of benzene rings is 4. The van der Waals surface area contributed by atoms with Crippen LogP contribution in [0.1, 0.15) is 121 Å². The van der Waals surface area contributed by atoms with E-state index >= 15 is 0 Å². The summed E-state index contributed by atoms with van der Waals surface area (Å²) in [7, 11) is 0. The molecule has 4 aromatic carbocycles. The predicted molar refractivity (Wildman–Crippen MR) is 186 cm³/mol. The molecule has 0 aromatic heterocycles. The van der Waals surface area contributed by atoms with Crippen LogP contribution in [0.2, 0.25) is 0 Å². The molecule has 0 unspecified atom stereocenters. The molecule has 0 aliphatic carbocycles. The minimum Gasteiger partial charge on any atom is -0.289 e. The van der Waals surface area contributed by atoms with Gasteiger partial charge in [0.2, 0.25) is 0 Å². The van der Waals surface area contributed by atoms with Crippen molar-refractivity contribution in [3.8, 4) is 0 Å². The molecule has 2 heterocycles. The standard InChI is InChI=1S/C41H36N2O5/c1-23(2)25-11-9-13-29(19-25)40(5,6)42-36(45)31-17-15-27(21-33(31)38(42)47)35(44)28-16-18-32-34(22-28)39(48)43(37(32)46)41(7,8)30-14-10-12-26(20-30)24(3)4/h9-22H,1,3H2,2,4-8H3. The third-order valence-electron chi connectivity index (χ3n) is 9.54. The highest BCUT2D eigenvalue weighted by Gasteiger charge is 2.47. The van der Waals surface area contributed by atoms with Crippen LogP contribution in [0.25, 0.3) is 11.1 Å². The molecular formula is C41H36N2O5. The molecule has 0 spiro atoms. The fourth-order valence-corrected chi connectivity index (χ4v) is 6.53. The number of carbonyl (C=O) groups is 5. The second-order valence-electron chi connectivity index (χ2n) is 13.6. The minimum atomic E-state index is -0.985. The van der Waals surface area contributed by atoms with Gasteiger partial charge < -0.3 is 0 Å². The highest BCUT2D eigenvalue weighted by molar-refractivity contribution is 6.24. The Kier molecular flexibility index (Phi) is 7.55. The second-order valence-corrected chi connectivity index (χ2v) is 13.6.